The number of fused-ring (bicyclic) bond motifs is 10. The maximum atomic E-state index is 6.91. The summed E-state index contributed by atoms with van der Waals surface area (Å²) in [4.78, 5) is 0. The second-order valence-electron chi connectivity index (χ2n) is 7.17. The van der Waals surface area contributed by atoms with Crippen LogP contribution in [0, 0.1) is 0 Å². The molecule has 0 saturated carbocycles. The van der Waals surface area contributed by atoms with Gasteiger partial charge in [0.1, 0.15) is 0 Å². The molecule has 2 heteroatoms. The van der Waals surface area contributed by atoms with Crippen LogP contribution in [0.3, 0.4) is 0 Å². The lowest BCUT2D eigenvalue weighted by Crippen LogP contribution is -2.26. The minimum absolute atomic E-state index is 0.361. The summed E-state index contributed by atoms with van der Waals surface area (Å²) in [6, 6.07) is 30.3. The van der Waals surface area contributed by atoms with E-state index in [-0.39, 0.29) is 5.41 Å². The molecule has 1 spiro atoms. The number of hydrogen-bond donors (Lipinski definition) is 0. The summed E-state index contributed by atoms with van der Waals surface area (Å²) in [5.74, 6) is 0. The highest BCUT2D eigenvalue weighted by atomic mass is 79.9. The third-order valence-corrected chi connectivity index (χ3v) is 7.01. The van der Waals surface area contributed by atoms with Gasteiger partial charge in [0.05, 0.1) is 5.41 Å². The Morgan fingerprint density at radius 1 is 0.593 bits per heavy atom. The second kappa shape index (κ2) is 5.34. The van der Waals surface area contributed by atoms with E-state index in [0.29, 0.717) is 0 Å². The fraction of sp³-hybridized carbons (Fsp3) is 0.0400. The van der Waals surface area contributed by atoms with Crippen LogP contribution in [0.15, 0.2) is 89.4 Å². The molecule has 4 aromatic rings. The molecule has 0 unspecified atom stereocenters. The predicted molar refractivity (Wildman–Crippen MR) is 115 cm³/mol. The minimum atomic E-state index is -0.361. The van der Waals surface area contributed by atoms with Gasteiger partial charge in [0, 0.05) is 15.1 Å². The molecular weight excluding hydrogens is 416 g/mol. The summed E-state index contributed by atoms with van der Waals surface area (Å²) < 4.78 is 1.09. The molecule has 0 fully saturated rings. The molecular formula is C25H14BrCl. The van der Waals surface area contributed by atoms with E-state index in [1.165, 1.54) is 44.5 Å². The van der Waals surface area contributed by atoms with Gasteiger partial charge >= 0.3 is 0 Å². The predicted octanol–water partition coefficient (Wildman–Crippen LogP) is 7.45. The monoisotopic (exact) mass is 428 g/mol. The molecule has 27 heavy (non-hydrogen) atoms. The largest absolute Gasteiger partial charge is 0.0840 e. The molecule has 0 atom stereocenters. The van der Waals surface area contributed by atoms with Crippen LogP contribution < -0.4 is 0 Å². The average Bonchev–Trinajstić information content (AvgIpc) is 3.19. The lowest BCUT2D eigenvalue weighted by molar-refractivity contribution is 0.793. The maximum absolute atomic E-state index is 6.91. The Balaban J connectivity index is 1.91. The highest BCUT2D eigenvalue weighted by molar-refractivity contribution is 9.10. The summed E-state index contributed by atoms with van der Waals surface area (Å²) in [7, 11) is 0. The molecule has 0 nitrogen and oxygen atoms in total. The highest BCUT2D eigenvalue weighted by Crippen LogP contribution is 2.64. The SMILES string of the molecule is Clc1ccc(Br)c2c1C1(c3ccccc3-c3ccccc31)c1ccccc1-2. The summed E-state index contributed by atoms with van der Waals surface area (Å²) in [6.07, 6.45) is 0. The van der Waals surface area contributed by atoms with E-state index in [9.17, 15) is 0 Å². The standard InChI is InChI=1S/C25H14BrCl/c26-21-13-14-22(27)24-23(21)17-9-3-6-12-20(17)25(24)18-10-4-1-7-15(18)16-8-2-5-11-19(16)25/h1-14H. The topological polar surface area (TPSA) is 0 Å². The molecule has 2 aliphatic rings. The van der Waals surface area contributed by atoms with Gasteiger partial charge in [-0.2, -0.15) is 0 Å². The Morgan fingerprint density at radius 2 is 1.07 bits per heavy atom. The van der Waals surface area contributed by atoms with E-state index < -0.39 is 0 Å². The van der Waals surface area contributed by atoms with Gasteiger partial charge in [-0.1, -0.05) is 100 Å². The average molecular weight is 430 g/mol. The van der Waals surface area contributed by atoms with E-state index in [1.54, 1.807) is 0 Å². The Labute approximate surface area is 171 Å². The fourth-order valence-corrected chi connectivity index (χ4v) is 5.98. The fourth-order valence-electron chi connectivity index (χ4n) is 5.14. The number of rotatable bonds is 0. The molecule has 0 heterocycles. The van der Waals surface area contributed by atoms with Gasteiger partial charge in [0.25, 0.3) is 0 Å². The first-order valence-electron chi connectivity index (χ1n) is 9.02. The van der Waals surface area contributed by atoms with Crippen LogP contribution in [0.5, 0.6) is 0 Å². The number of halogens is 2. The van der Waals surface area contributed by atoms with E-state index in [1.807, 2.05) is 6.07 Å². The van der Waals surface area contributed by atoms with Gasteiger partial charge in [-0.3, -0.25) is 0 Å². The Hall–Kier alpha value is -2.35. The zero-order valence-corrected chi connectivity index (χ0v) is 16.7. The molecule has 0 radical (unpaired) electrons. The molecule has 0 bridgehead atoms. The van der Waals surface area contributed by atoms with Crippen molar-refractivity contribution in [3.63, 3.8) is 0 Å². The van der Waals surface area contributed by atoms with Crippen molar-refractivity contribution in [2.24, 2.45) is 0 Å². The van der Waals surface area contributed by atoms with Gasteiger partial charge < -0.3 is 0 Å². The Bertz CT molecular complexity index is 1210. The summed E-state index contributed by atoms with van der Waals surface area (Å²) in [5, 5.41) is 0.816. The van der Waals surface area contributed by atoms with E-state index in [0.717, 1.165) is 9.50 Å². The van der Waals surface area contributed by atoms with E-state index in [2.05, 4.69) is 94.8 Å². The first-order chi connectivity index (χ1) is 13.2. The van der Waals surface area contributed by atoms with Gasteiger partial charge in [0.2, 0.25) is 0 Å². The third kappa shape index (κ3) is 1.75. The zero-order valence-electron chi connectivity index (χ0n) is 14.3. The highest BCUT2D eigenvalue weighted by Gasteiger charge is 2.52. The molecule has 0 amide bonds. The summed E-state index contributed by atoms with van der Waals surface area (Å²) >= 11 is 10.7. The lowest BCUT2D eigenvalue weighted by atomic mass is 9.70. The third-order valence-electron chi connectivity index (χ3n) is 6.03. The molecule has 6 rings (SSSR count). The molecule has 4 aromatic carbocycles. The molecule has 0 N–H and O–H groups in total. The van der Waals surface area contributed by atoms with Gasteiger partial charge in [-0.15, -0.1) is 0 Å². The van der Waals surface area contributed by atoms with Crippen molar-refractivity contribution in [1.29, 1.82) is 0 Å². The maximum Gasteiger partial charge on any atom is 0.0740 e. The van der Waals surface area contributed by atoms with Crippen molar-refractivity contribution in [3.8, 4) is 22.3 Å². The lowest BCUT2D eigenvalue weighted by Gasteiger charge is -2.31. The van der Waals surface area contributed by atoms with Crippen molar-refractivity contribution in [1.82, 2.24) is 0 Å². The van der Waals surface area contributed by atoms with Crippen LogP contribution in [0.4, 0.5) is 0 Å². The molecule has 0 aromatic heterocycles. The molecule has 2 aliphatic carbocycles. The van der Waals surface area contributed by atoms with Gasteiger partial charge in [-0.05, 0) is 51.1 Å². The second-order valence-corrected chi connectivity index (χ2v) is 8.43. The van der Waals surface area contributed by atoms with E-state index in [4.69, 9.17) is 11.6 Å². The molecule has 128 valence electrons. The normalized spacial score (nSPS) is 14.6. The zero-order chi connectivity index (χ0) is 18.2. The van der Waals surface area contributed by atoms with Gasteiger partial charge in [-0.25, -0.2) is 0 Å². The van der Waals surface area contributed by atoms with Crippen LogP contribution in [0.2, 0.25) is 5.02 Å². The smallest absolute Gasteiger partial charge is 0.0740 e. The van der Waals surface area contributed by atoms with E-state index >= 15 is 0 Å². The van der Waals surface area contributed by atoms with Crippen molar-refractivity contribution in [2.45, 2.75) is 5.41 Å². The summed E-state index contributed by atoms with van der Waals surface area (Å²) in [5.41, 5.74) is 9.84. The molecule has 0 saturated heterocycles. The van der Waals surface area contributed by atoms with Crippen molar-refractivity contribution < 1.29 is 0 Å². The van der Waals surface area contributed by atoms with Crippen LogP contribution in [0.25, 0.3) is 22.3 Å². The quantitative estimate of drug-likeness (QED) is 0.235. The van der Waals surface area contributed by atoms with Crippen molar-refractivity contribution >= 4 is 27.5 Å². The van der Waals surface area contributed by atoms with Gasteiger partial charge in [0.15, 0.2) is 0 Å². The number of benzene rings is 4. The first-order valence-corrected chi connectivity index (χ1v) is 10.2. The number of hydrogen-bond acceptors (Lipinski definition) is 0. The van der Waals surface area contributed by atoms with Crippen LogP contribution in [0.1, 0.15) is 22.3 Å². The van der Waals surface area contributed by atoms with Crippen LogP contribution in [-0.4, -0.2) is 0 Å². The van der Waals surface area contributed by atoms with Crippen molar-refractivity contribution in [2.75, 3.05) is 0 Å². The molecule has 0 aliphatic heterocycles. The van der Waals surface area contributed by atoms with Crippen LogP contribution >= 0.6 is 27.5 Å². The van der Waals surface area contributed by atoms with Crippen LogP contribution in [-0.2, 0) is 5.41 Å². The minimum Gasteiger partial charge on any atom is -0.0840 e. The Kier molecular flexibility index (Phi) is 3.10. The van der Waals surface area contributed by atoms with Crippen molar-refractivity contribution in [3.05, 3.63) is 117 Å². The summed E-state index contributed by atoms with van der Waals surface area (Å²) in [6.45, 7) is 0. The first kappa shape index (κ1) is 15.7. The Morgan fingerprint density at radius 3 is 1.67 bits per heavy atom.